The summed E-state index contributed by atoms with van der Waals surface area (Å²) in [5.74, 6) is 0. The van der Waals surface area contributed by atoms with Crippen LogP contribution in [0.2, 0.25) is 0 Å². The zero-order chi connectivity index (χ0) is 14.0. The van der Waals surface area contributed by atoms with Gasteiger partial charge in [0.2, 0.25) is 0 Å². The molecule has 1 aliphatic heterocycles. The Kier molecular flexibility index (Phi) is 9.72. The second-order valence-electron chi connectivity index (χ2n) is 4.44. The minimum atomic E-state index is -4.26. The summed E-state index contributed by atoms with van der Waals surface area (Å²) in [5.41, 5.74) is -0.108. The minimum Gasteiger partial charge on any atom is -0.846 e. The van der Waals surface area contributed by atoms with Gasteiger partial charge in [0.1, 0.15) is 11.7 Å². The predicted molar refractivity (Wildman–Crippen MR) is 59.3 cm³/mol. The standard InChI is InChI=1S/C10H16N3O5P.2Na/c11-8-3-5-13(10(14)12-8)9-2-1-7(18-9)4-6-19(15,16)17;;/h3,5,7,9H,1-2,4,6H2,(H2,11,12,14)(H2,15,16,17);;/q;2*+1/p-2/t7-,9+;;/m0../s1. The van der Waals surface area contributed by atoms with Crippen molar-refractivity contribution in [3.8, 4) is 6.01 Å². The molecule has 2 atom stereocenters. The van der Waals surface area contributed by atoms with Gasteiger partial charge in [0, 0.05) is 20.6 Å². The molecule has 11 heteroatoms. The second-order valence-corrected chi connectivity index (χ2v) is 6.16. The van der Waals surface area contributed by atoms with Crippen molar-refractivity contribution in [2.45, 2.75) is 31.6 Å². The number of aromatic nitrogens is 2. The molecule has 2 N–H and O–H groups in total. The van der Waals surface area contributed by atoms with Gasteiger partial charge in [-0.25, -0.2) is 4.98 Å². The van der Waals surface area contributed by atoms with E-state index in [1.165, 1.54) is 16.8 Å². The van der Waals surface area contributed by atoms with E-state index < -0.39 is 20.2 Å². The first-order valence-electron chi connectivity index (χ1n) is 5.84. The zero-order valence-corrected chi connectivity index (χ0v) is 17.0. The molecule has 1 aromatic rings. The van der Waals surface area contributed by atoms with Crippen LogP contribution in [0.3, 0.4) is 0 Å². The van der Waals surface area contributed by atoms with E-state index in [2.05, 4.69) is 4.98 Å². The van der Waals surface area contributed by atoms with Gasteiger partial charge in [-0.15, -0.1) is 0 Å². The number of hydrogen-bond acceptors (Lipinski definition) is 7. The van der Waals surface area contributed by atoms with Gasteiger partial charge in [0.25, 0.3) is 0 Å². The van der Waals surface area contributed by atoms with E-state index in [0.29, 0.717) is 12.8 Å². The topological polar surface area (TPSA) is 140 Å². The normalized spacial score (nSPS) is 21.5. The van der Waals surface area contributed by atoms with Gasteiger partial charge in [-0.2, -0.15) is 0 Å². The molecule has 1 aliphatic rings. The number of nitrogens with zero attached hydrogens (tertiary/aromatic N) is 2. The number of rotatable bonds is 4. The summed E-state index contributed by atoms with van der Waals surface area (Å²) < 4.78 is 6.84. The van der Waals surface area contributed by atoms with Crippen LogP contribution in [-0.4, -0.2) is 26.7 Å². The Balaban J connectivity index is 0.00000200. The van der Waals surface area contributed by atoms with Crippen molar-refractivity contribution in [2.75, 3.05) is 6.16 Å². The average Bonchev–Trinajstić information content (AvgIpc) is 2.74. The van der Waals surface area contributed by atoms with Crippen molar-refractivity contribution in [1.82, 2.24) is 9.55 Å². The van der Waals surface area contributed by atoms with Crippen molar-refractivity contribution < 1.29 is 83.6 Å². The summed E-state index contributed by atoms with van der Waals surface area (Å²) in [4.78, 5) is 33.5. The Labute approximate surface area is 166 Å². The molecule has 0 saturated carbocycles. The van der Waals surface area contributed by atoms with Gasteiger partial charge in [-0.3, -0.25) is 10.3 Å². The van der Waals surface area contributed by atoms with Gasteiger partial charge in [0.05, 0.1) is 18.3 Å². The van der Waals surface area contributed by atoms with Gasteiger partial charge in [0.15, 0.2) is 0 Å². The molecule has 0 radical (unpaired) electrons. The largest absolute Gasteiger partial charge is 1.00 e. The molecule has 0 unspecified atom stereocenters. The van der Waals surface area contributed by atoms with Crippen molar-refractivity contribution in [3.05, 3.63) is 17.8 Å². The van der Waals surface area contributed by atoms with Crippen molar-refractivity contribution >= 4 is 7.94 Å². The Morgan fingerprint density at radius 2 is 2.10 bits per heavy atom. The molecule has 0 bridgehead atoms. The molecule has 2 heterocycles. The van der Waals surface area contributed by atoms with Crippen LogP contribution in [0.4, 0.5) is 0 Å². The SMILES string of the molecule is N=c1ccn([C@H]2CC[C@@H](CC[P+]([O-])([O-])O)O2)c([O-])n1.[Na+].[Na+]. The summed E-state index contributed by atoms with van der Waals surface area (Å²) in [6.07, 6.45) is 1.69. The van der Waals surface area contributed by atoms with Crippen molar-refractivity contribution in [1.29, 1.82) is 5.41 Å². The predicted octanol–water partition coefficient (Wildman–Crippen LogP) is -8.01. The van der Waals surface area contributed by atoms with E-state index in [4.69, 9.17) is 15.0 Å². The van der Waals surface area contributed by atoms with E-state index in [1.807, 2.05) is 0 Å². The third-order valence-corrected chi connectivity index (χ3v) is 3.78. The third-order valence-electron chi connectivity index (χ3n) is 2.96. The summed E-state index contributed by atoms with van der Waals surface area (Å²) in [5, 5.41) is 18.8. The first-order chi connectivity index (χ1) is 8.85. The fraction of sp³-hybridized carbons (Fsp3) is 0.600. The molecular weight excluding hydrogens is 319 g/mol. The maximum atomic E-state index is 11.6. The third kappa shape index (κ3) is 6.93. The Bertz CT molecular complexity index is 510. The van der Waals surface area contributed by atoms with E-state index in [1.54, 1.807) is 0 Å². The average molecular weight is 333 g/mol. The Hall–Kier alpha value is 0.950. The van der Waals surface area contributed by atoms with Crippen LogP contribution in [-0.2, 0) is 4.74 Å². The molecular formula is C10H14N3Na2O5P. The van der Waals surface area contributed by atoms with Gasteiger partial charge in [-0.05, 0) is 18.9 Å². The van der Waals surface area contributed by atoms with Crippen molar-refractivity contribution in [2.24, 2.45) is 0 Å². The van der Waals surface area contributed by atoms with Crippen molar-refractivity contribution in [3.63, 3.8) is 0 Å². The quantitative estimate of drug-likeness (QED) is 0.414. The van der Waals surface area contributed by atoms with Gasteiger partial charge >= 0.3 is 59.1 Å². The van der Waals surface area contributed by atoms with Gasteiger partial charge < -0.3 is 24.2 Å². The maximum Gasteiger partial charge on any atom is 1.00 e. The molecule has 0 aromatic carbocycles. The minimum absolute atomic E-state index is 0. The molecule has 1 aromatic heterocycles. The van der Waals surface area contributed by atoms with Gasteiger partial charge in [-0.1, -0.05) is 0 Å². The number of ether oxygens (including phenoxy) is 1. The van der Waals surface area contributed by atoms with Crippen LogP contribution < -0.4 is 79.5 Å². The first kappa shape index (κ1) is 21.9. The molecule has 0 aliphatic carbocycles. The van der Waals surface area contributed by atoms with E-state index >= 15 is 0 Å². The van der Waals surface area contributed by atoms with Crippen LogP contribution in [0.5, 0.6) is 6.01 Å². The first-order valence-corrected chi connectivity index (χ1v) is 7.60. The fourth-order valence-electron chi connectivity index (χ4n) is 2.04. The fourth-order valence-corrected chi connectivity index (χ4v) is 2.66. The molecule has 1 saturated heterocycles. The van der Waals surface area contributed by atoms with E-state index in [-0.39, 0.29) is 83.3 Å². The van der Waals surface area contributed by atoms with E-state index in [9.17, 15) is 14.9 Å². The summed E-state index contributed by atoms with van der Waals surface area (Å²) >= 11 is 0. The molecule has 106 valence electrons. The van der Waals surface area contributed by atoms with Crippen LogP contribution >= 0.6 is 7.94 Å². The summed E-state index contributed by atoms with van der Waals surface area (Å²) in [6.45, 7) is 0. The summed E-state index contributed by atoms with van der Waals surface area (Å²) in [7, 11) is -4.26. The monoisotopic (exact) mass is 333 g/mol. The molecule has 1 fully saturated rings. The van der Waals surface area contributed by atoms with Crippen LogP contribution in [0.15, 0.2) is 12.3 Å². The zero-order valence-electron chi connectivity index (χ0n) is 12.1. The molecule has 0 amide bonds. The van der Waals surface area contributed by atoms with Crippen LogP contribution in [0.25, 0.3) is 0 Å². The maximum absolute atomic E-state index is 11.6. The smallest absolute Gasteiger partial charge is 0.846 e. The summed E-state index contributed by atoms with van der Waals surface area (Å²) in [6, 6.07) is 0.826. The van der Waals surface area contributed by atoms with Crippen LogP contribution in [0, 0.1) is 5.41 Å². The van der Waals surface area contributed by atoms with Crippen LogP contribution in [0.1, 0.15) is 25.5 Å². The number of nitrogens with one attached hydrogen (secondary N) is 1. The Morgan fingerprint density at radius 1 is 1.43 bits per heavy atom. The van der Waals surface area contributed by atoms with E-state index in [0.717, 1.165) is 0 Å². The molecule has 2 rings (SSSR count). The second kappa shape index (κ2) is 9.30. The molecule has 8 nitrogen and oxygen atoms in total. The molecule has 21 heavy (non-hydrogen) atoms. The Morgan fingerprint density at radius 3 is 2.67 bits per heavy atom. The number of hydrogen-bond donors (Lipinski definition) is 2. The molecule has 0 spiro atoms.